The molecule has 2 heterocycles. The van der Waals surface area contributed by atoms with Crippen LogP contribution in [0.5, 0.6) is 11.5 Å². The third kappa shape index (κ3) is 3.52. The Morgan fingerprint density at radius 3 is 2.38 bits per heavy atom. The summed E-state index contributed by atoms with van der Waals surface area (Å²) < 4.78 is 11.2. The Morgan fingerprint density at radius 2 is 1.62 bits per heavy atom. The summed E-state index contributed by atoms with van der Waals surface area (Å²) in [5.41, 5.74) is 2.74. The molecule has 0 unspecified atom stereocenters. The number of anilines is 1. The standard InChI is InChI=1S/C32H22ClNO5/c1-38-21-12-9-18(10-13-21)23-16-24-26-22-8-3-2-5-17(22)11-14-25(26)39-32(37)28(24)29-27(23)30(35)34(31(29)36)20-7-4-6-19(33)15-20/h2-16,23,27-29H,1H3/t23-,27+,28-,29+/m0/s1. The molecule has 0 spiro atoms. The largest absolute Gasteiger partial charge is 0.497 e. The monoisotopic (exact) mass is 535 g/mol. The Morgan fingerprint density at radius 1 is 0.846 bits per heavy atom. The topological polar surface area (TPSA) is 72.9 Å². The second-order valence-electron chi connectivity index (χ2n) is 10.0. The first-order chi connectivity index (χ1) is 19.0. The molecular weight excluding hydrogens is 514 g/mol. The molecule has 0 saturated carbocycles. The van der Waals surface area contributed by atoms with Crippen LogP contribution in [0.2, 0.25) is 5.02 Å². The molecular formula is C32H22ClNO5. The van der Waals surface area contributed by atoms with Gasteiger partial charge in [0.05, 0.1) is 30.6 Å². The molecule has 1 fully saturated rings. The van der Waals surface area contributed by atoms with Crippen molar-refractivity contribution < 1.29 is 23.9 Å². The fourth-order valence-electron chi connectivity index (χ4n) is 6.35. The minimum atomic E-state index is -0.928. The number of ether oxygens (including phenoxy) is 2. The summed E-state index contributed by atoms with van der Waals surface area (Å²) in [5.74, 6) is -3.26. The average Bonchev–Trinajstić information content (AvgIpc) is 3.22. The predicted octanol–water partition coefficient (Wildman–Crippen LogP) is 6.02. The maximum atomic E-state index is 14.1. The van der Waals surface area contributed by atoms with E-state index in [1.165, 1.54) is 4.90 Å². The highest BCUT2D eigenvalue weighted by Gasteiger charge is 2.60. The lowest BCUT2D eigenvalue weighted by atomic mass is 9.64. The maximum Gasteiger partial charge on any atom is 0.319 e. The van der Waals surface area contributed by atoms with E-state index in [1.807, 2.05) is 60.7 Å². The van der Waals surface area contributed by atoms with E-state index >= 15 is 0 Å². The van der Waals surface area contributed by atoms with E-state index in [-0.39, 0.29) is 5.91 Å². The molecule has 0 N–H and O–H groups in total. The SMILES string of the molecule is COc1ccc([C@@H]2C=C3c4c(ccc5ccccc45)OC(=O)[C@@H]3[C@@H]3C(=O)N(c4cccc(Cl)c4)C(=O)[C@@H]32)cc1. The zero-order chi connectivity index (χ0) is 26.8. The molecule has 0 radical (unpaired) electrons. The second kappa shape index (κ2) is 8.82. The highest BCUT2D eigenvalue weighted by atomic mass is 35.5. The molecule has 0 bridgehead atoms. The van der Waals surface area contributed by atoms with Crippen molar-refractivity contribution in [3.05, 3.63) is 107 Å². The van der Waals surface area contributed by atoms with E-state index < -0.39 is 35.5 Å². The van der Waals surface area contributed by atoms with Crippen molar-refractivity contribution in [2.75, 3.05) is 12.0 Å². The van der Waals surface area contributed by atoms with Crippen molar-refractivity contribution >= 4 is 51.4 Å². The number of carbonyl (C=O) groups is 3. The molecule has 39 heavy (non-hydrogen) atoms. The fourth-order valence-corrected chi connectivity index (χ4v) is 6.54. The smallest absolute Gasteiger partial charge is 0.319 e. The molecule has 2 aliphatic heterocycles. The maximum absolute atomic E-state index is 14.1. The van der Waals surface area contributed by atoms with Gasteiger partial charge in [-0.05, 0) is 58.3 Å². The van der Waals surface area contributed by atoms with Crippen molar-refractivity contribution in [3.63, 3.8) is 0 Å². The minimum Gasteiger partial charge on any atom is -0.497 e. The summed E-state index contributed by atoms with van der Waals surface area (Å²) in [7, 11) is 1.59. The predicted molar refractivity (Wildman–Crippen MR) is 148 cm³/mol. The number of imide groups is 1. The van der Waals surface area contributed by atoms with E-state index in [2.05, 4.69) is 0 Å². The van der Waals surface area contributed by atoms with E-state index in [9.17, 15) is 14.4 Å². The van der Waals surface area contributed by atoms with Crippen molar-refractivity contribution in [3.8, 4) is 11.5 Å². The van der Waals surface area contributed by atoms with Crippen LogP contribution in [-0.2, 0) is 14.4 Å². The molecule has 4 aromatic rings. The number of esters is 1. The van der Waals surface area contributed by atoms with E-state index in [1.54, 1.807) is 37.4 Å². The van der Waals surface area contributed by atoms with Gasteiger partial charge in [0, 0.05) is 16.5 Å². The number of fused-ring (bicyclic) bond motifs is 7. The Balaban J connectivity index is 1.46. The van der Waals surface area contributed by atoms with Crippen LogP contribution in [-0.4, -0.2) is 24.9 Å². The number of nitrogens with zero attached hydrogens (tertiary/aromatic N) is 1. The summed E-state index contributed by atoms with van der Waals surface area (Å²) in [6, 6.07) is 25.7. The quantitative estimate of drug-likeness (QED) is 0.182. The van der Waals surface area contributed by atoms with Crippen LogP contribution in [0.4, 0.5) is 5.69 Å². The van der Waals surface area contributed by atoms with Crippen LogP contribution in [0.25, 0.3) is 16.3 Å². The number of allylic oxidation sites excluding steroid dienone is 1. The molecule has 4 aromatic carbocycles. The zero-order valence-electron chi connectivity index (χ0n) is 20.8. The minimum absolute atomic E-state index is 0.361. The molecule has 192 valence electrons. The molecule has 4 atom stereocenters. The van der Waals surface area contributed by atoms with Gasteiger partial charge in [-0.15, -0.1) is 0 Å². The van der Waals surface area contributed by atoms with Gasteiger partial charge in [0.1, 0.15) is 11.5 Å². The lowest BCUT2D eigenvalue weighted by molar-refractivity contribution is -0.142. The molecule has 7 rings (SSSR count). The van der Waals surface area contributed by atoms with Gasteiger partial charge in [0.25, 0.3) is 0 Å². The Bertz CT molecular complexity index is 1730. The number of carbonyl (C=O) groups excluding carboxylic acids is 3. The van der Waals surface area contributed by atoms with Crippen molar-refractivity contribution in [1.29, 1.82) is 0 Å². The van der Waals surface area contributed by atoms with Gasteiger partial charge in [0.2, 0.25) is 11.8 Å². The van der Waals surface area contributed by atoms with Crippen molar-refractivity contribution in [1.82, 2.24) is 0 Å². The number of hydrogen-bond donors (Lipinski definition) is 0. The van der Waals surface area contributed by atoms with Crippen LogP contribution < -0.4 is 14.4 Å². The van der Waals surface area contributed by atoms with Crippen LogP contribution in [0.15, 0.2) is 91.0 Å². The fraction of sp³-hybridized carbons (Fsp3) is 0.156. The number of amides is 2. The summed E-state index contributed by atoms with van der Waals surface area (Å²) in [5, 5.41) is 2.33. The Hall–Kier alpha value is -4.42. The Kier molecular flexibility index (Phi) is 5.35. The van der Waals surface area contributed by atoms with Gasteiger partial charge < -0.3 is 9.47 Å². The highest BCUT2D eigenvalue weighted by molar-refractivity contribution is 6.31. The van der Waals surface area contributed by atoms with Crippen molar-refractivity contribution in [2.24, 2.45) is 17.8 Å². The summed E-state index contributed by atoms with van der Waals surface area (Å²) in [6.07, 6.45) is 1.99. The number of methoxy groups -OCH3 is 1. The zero-order valence-corrected chi connectivity index (χ0v) is 21.6. The third-order valence-corrected chi connectivity index (χ3v) is 8.28. The molecule has 7 heteroatoms. The lowest BCUT2D eigenvalue weighted by Gasteiger charge is -2.38. The molecule has 6 nitrogen and oxygen atoms in total. The molecule has 1 saturated heterocycles. The van der Waals surface area contributed by atoms with Crippen LogP contribution in [0.3, 0.4) is 0 Å². The van der Waals surface area contributed by atoms with Crippen molar-refractivity contribution in [2.45, 2.75) is 5.92 Å². The number of halogens is 1. The molecule has 0 aromatic heterocycles. The van der Waals surface area contributed by atoms with Gasteiger partial charge in [-0.1, -0.05) is 66.2 Å². The number of benzene rings is 4. The van der Waals surface area contributed by atoms with Gasteiger partial charge in [0.15, 0.2) is 0 Å². The number of rotatable bonds is 3. The first-order valence-electron chi connectivity index (χ1n) is 12.7. The molecule has 3 aliphatic rings. The normalized spacial score (nSPS) is 23.6. The third-order valence-electron chi connectivity index (χ3n) is 8.05. The van der Waals surface area contributed by atoms with Crippen LogP contribution in [0.1, 0.15) is 17.0 Å². The van der Waals surface area contributed by atoms with Crippen LogP contribution >= 0.6 is 11.6 Å². The van der Waals surface area contributed by atoms with E-state index in [0.29, 0.717) is 27.8 Å². The highest BCUT2D eigenvalue weighted by Crippen LogP contribution is 2.55. The average molecular weight is 536 g/mol. The van der Waals surface area contributed by atoms with E-state index in [4.69, 9.17) is 21.1 Å². The summed E-state index contributed by atoms with van der Waals surface area (Å²) >= 11 is 6.22. The molecule has 1 aliphatic carbocycles. The summed E-state index contributed by atoms with van der Waals surface area (Å²) in [4.78, 5) is 42.9. The first-order valence-corrected chi connectivity index (χ1v) is 13.1. The van der Waals surface area contributed by atoms with Gasteiger partial charge >= 0.3 is 5.97 Å². The second-order valence-corrected chi connectivity index (χ2v) is 10.5. The van der Waals surface area contributed by atoms with Gasteiger partial charge in [-0.3, -0.25) is 14.4 Å². The summed E-state index contributed by atoms with van der Waals surface area (Å²) in [6.45, 7) is 0. The van der Waals surface area contributed by atoms with E-state index in [0.717, 1.165) is 21.9 Å². The lowest BCUT2D eigenvalue weighted by Crippen LogP contribution is -2.42. The molecule has 2 amide bonds. The van der Waals surface area contributed by atoms with Gasteiger partial charge in [-0.25, -0.2) is 4.90 Å². The van der Waals surface area contributed by atoms with Gasteiger partial charge in [-0.2, -0.15) is 0 Å². The van der Waals surface area contributed by atoms with Crippen LogP contribution in [0, 0.1) is 17.8 Å². The Labute approximate surface area is 229 Å². The first kappa shape index (κ1) is 23.7. The number of hydrogen-bond acceptors (Lipinski definition) is 5.